The van der Waals surface area contributed by atoms with Crippen molar-refractivity contribution in [2.24, 2.45) is 5.10 Å². The third-order valence-electron chi connectivity index (χ3n) is 4.17. The SMILES string of the molecule is COc1ccc(OCCOc2ccccc2Cl)c([C@H]2SC(NC(C)=O)=NN2C(C)=O)c1. The fourth-order valence-corrected chi connectivity index (χ4v) is 4.15. The number of nitrogens with one attached hydrogen (secondary N) is 1. The van der Waals surface area contributed by atoms with Crippen LogP contribution in [0.3, 0.4) is 0 Å². The monoisotopic (exact) mass is 463 g/mol. The lowest BCUT2D eigenvalue weighted by molar-refractivity contribution is -0.129. The number of hydrogen-bond donors (Lipinski definition) is 1. The summed E-state index contributed by atoms with van der Waals surface area (Å²) >= 11 is 7.34. The second-order valence-corrected chi connectivity index (χ2v) is 7.93. The van der Waals surface area contributed by atoms with Gasteiger partial charge >= 0.3 is 0 Å². The van der Waals surface area contributed by atoms with E-state index in [4.69, 9.17) is 25.8 Å². The standard InChI is InChI=1S/C21H22ClN3O5S/c1-13(26)23-21-24-25(14(2)27)20(31-21)16-12-15(28-3)8-9-18(16)29-10-11-30-19-7-5-4-6-17(19)22/h4-9,12,20H,10-11H2,1-3H3,(H,23,24,26)/t20-/m1/s1. The molecule has 0 unspecified atom stereocenters. The number of hydrogen-bond acceptors (Lipinski definition) is 7. The summed E-state index contributed by atoms with van der Waals surface area (Å²) in [6, 6.07) is 12.5. The maximum atomic E-state index is 12.2. The first-order chi connectivity index (χ1) is 14.9. The quantitative estimate of drug-likeness (QED) is 0.628. The van der Waals surface area contributed by atoms with Gasteiger partial charge in [-0.1, -0.05) is 35.5 Å². The fraction of sp³-hybridized carbons (Fsp3) is 0.286. The van der Waals surface area contributed by atoms with Crippen LogP contribution in [0.25, 0.3) is 0 Å². The Kier molecular flexibility index (Phi) is 7.64. The summed E-state index contributed by atoms with van der Waals surface area (Å²) in [5, 5.41) is 8.49. The van der Waals surface area contributed by atoms with E-state index in [1.807, 2.05) is 12.1 Å². The number of benzene rings is 2. The van der Waals surface area contributed by atoms with E-state index in [0.29, 0.717) is 33.0 Å². The van der Waals surface area contributed by atoms with Crippen molar-refractivity contribution >= 4 is 40.3 Å². The molecule has 2 amide bonds. The summed E-state index contributed by atoms with van der Waals surface area (Å²) in [6.07, 6.45) is 0. The van der Waals surface area contributed by atoms with Crippen LogP contribution in [0.15, 0.2) is 47.6 Å². The second kappa shape index (κ2) is 10.4. The third kappa shape index (κ3) is 5.83. The Morgan fingerprint density at radius 1 is 1.13 bits per heavy atom. The molecule has 0 saturated carbocycles. The van der Waals surface area contributed by atoms with Gasteiger partial charge in [-0.15, -0.1) is 5.10 Å². The van der Waals surface area contributed by atoms with Crippen molar-refractivity contribution in [3.8, 4) is 17.2 Å². The number of amidine groups is 1. The first-order valence-electron chi connectivity index (χ1n) is 9.39. The first kappa shape index (κ1) is 22.8. The molecule has 2 aromatic carbocycles. The van der Waals surface area contributed by atoms with E-state index in [1.165, 1.54) is 30.6 Å². The van der Waals surface area contributed by atoms with E-state index < -0.39 is 5.37 Å². The highest BCUT2D eigenvalue weighted by molar-refractivity contribution is 8.14. The zero-order valence-corrected chi connectivity index (χ0v) is 18.8. The van der Waals surface area contributed by atoms with E-state index in [9.17, 15) is 9.59 Å². The summed E-state index contributed by atoms with van der Waals surface area (Å²) < 4.78 is 16.9. The first-order valence-corrected chi connectivity index (χ1v) is 10.7. The number of methoxy groups -OCH3 is 1. The summed E-state index contributed by atoms with van der Waals surface area (Å²) in [5.41, 5.74) is 0.682. The zero-order valence-electron chi connectivity index (χ0n) is 17.3. The van der Waals surface area contributed by atoms with Crippen molar-refractivity contribution in [3.05, 3.63) is 53.1 Å². The Morgan fingerprint density at radius 2 is 1.84 bits per heavy atom. The molecule has 1 aliphatic heterocycles. The van der Waals surface area contributed by atoms with Gasteiger partial charge < -0.3 is 19.5 Å². The normalized spacial score (nSPS) is 15.3. The average Bonchev–Trinajstić information content (AvgIpc) is 3.15. The number of halogens is 1. The molecular weight excluding hydrogens is 442 g/mol. The second-order valence-electron chi connectivity index (χ2n) is 6.45. The van der Waals surface area contributed by atoms with Crippen LogP contribution < -0.4 is 19.5 Å². The van der Waals surface area contributed by atoms with E-state index in [2.05, 4.69) is 10.4 Å². The third-order valence-corrected chi connectivity index (χ3v) is 5.56. The number of hydrazone groups is 1. The van der Waals surface area contributed by atoms with E-state index in [-0.39, 0.29) is 25.0 Å². The molecule has 0 aliphatic carbocycles. The minimum atomic E-state index is -0.520. The molecule has 10 heteroatoms. The van der Waals surface area contributed by atoms with Gasteiger partial charge in [-0.05, 0) is 30.3 Å². The van der Waals surface area contributed by atoms with Gasteiger partial charge in [-0.25, -0.2) is 5.01 Å². The number of ether oxygens (including phenoxy) is 3. The lowest BCUT2D eigenvalue weighted by Gasteiger charge is -2.22. The van der Waals surface area contributed by atoms with Crippen LogP contribution in [0.1, 0.15) is 24.8 Å². The van der Waals surface area contributed by atoms with Gasteiger partial charge in [0.25, 0.3) is 0 Å². The maximum Gasteiger partial charge on any atom is 0.241 e. The molecule has 0 radical (unpaired) electrons. The van der Waals surface area contributed by atoms with Crippen LogP contribution in [0.5, 0.6) is 17.2 Å². The summed E-state index contributed by atoms with van der Waals surface area (Å²) in [7, 11) is 1.56. The summed E-state index contributed by atoms with van der Waals surface area (Å²) in [6.45, 7) is 3.32. The van der Waals surface area contributed by atoms with Crippen LogP contribution in [-0.2, 0) is 9.59 Å². The van der Waals surface area contributed by atoms with Crippen molar-refractivity contribution in [3.63, 3.8) is 0 Å². The highest BCUT2D eigenvalue weighted by atomic mass is 35.5. The van der Waals surface area contributed by atoms with Crippen molar-refractivity contribution in [2.45, 2.75) is 19.2 Å². The van der Waals surface area contributed by atoms with Gasteiger partial charge in [0.15, 0.2) is 5.17 Å². The number of amides is 2. The highest BCUT2D eigenvalue weighted by Gasteiger charge is 2.34. The van der Waals surface area contributed by atoms with Gasteiger partial charge in [0.2, 0.25) is 11.8 Å². The van der Waals surface area contributed by atoms with Crippen molar-refractivity contribution in [2.75, 3.05) is 20.3 Å². The molecule has 31 heavy (non-hydrogen) atoms. The predicted octanol–water partition coefficient (Wildman–Crippen LogP) is 3.81. The minimum Gasteiger partial charge on any atom is -0.497 e. The zero-order chi connectivity index (χ0) is 22.4. The Bertz CT molecular complexity index is 1000. The van der Waals surface area contributed by atoms with Crippen molar-refractivity contribution in [1.82, 2.24) is 10.3 Å². The van der Waals surface area contributed by atoms with Gasteiger partial charge in [0, 0.05) is 19.4 Å². The molecule has 0 saturated heterocycles. The minimum absolute atomic E-state index is 0.251. The molecule has 2 aromatic rings. The average molecular weight is 464 g/mol. The van der Waals surface area contributed by atoms with Crippen molar-refractivity contribution < 1.29 is 23.8 Å². The summed E-state index contributed by atoms with van der Waals surface area (Å²) in [5.74, 6) is 1.19. The number of rotatable bonds is 7. The molecule has 0 aromatic heterocycles. The molecule has 1 heterocycles. The van der Waals surface area contributed by atoms with E-state index in [0.717, 1.165) is 0 Å². The predicted molar refractivity (Wildman–Crippen MR) is 120 cm³/mol. The Morgan fingerprint density at radius 3 is 2.48 bits per heavy atom. The number of carbonyl (C=O) groups excluding carboxylic acids is 2. The van der Waals surface area contributed by atoms with Gasteiger partial charge in [-0.3, -0.25) is 9.59 Å². The van der Waals surface area contributed by atoms with E-state index >= 15 is 0 Å². The lowest BCUT2D eigenvalue weighted by atomic mass is 10.1. The van der Waals surface area contributed by atoms with Crippen LogP contribution >= 0.6 is 23.4 Å². The van der Waals surface area contributed by atoms with Crippen LogP contribution in [0.4, 0.5) is 0 Å². The Balaban J connectivity index is 1.76. The largest absolute Gasteiger partial charge is 0.497 e. The molecule has 3 rings (SSSR count). The number of thioether (sulfide) groups is 1. The van der Waals surface area contributed by atoms with Crippen LogP contribution in [0.2, 0.25) is 5.02 Å². The molecule has 0 bridgehead atoms. The van der Waals surface area contributed by atoms with Gasteiger partial charge in [0.1, 0.15) is 35.8 Å². The number of carbonyl (C=O) groups is 2. The topological polar surface area (TPSA) is 89.5 Å². The molecule has 0 spiro atoms. The smallest absolute Gasteiger partial charge is 0.241 e. The van der Waals surface area contributed by atoms with E-state index in [1.54, 1.807) is 37.4 Å². The molecule has 8 nitrogen and oxygen atoms in total. The van der Waals surface area contributed by atoms with Gasteiger partial charge in [-0.2, -0.15) is 0 Å². The van der Waals surface area contributed by atoms with Crippen molar-refractivity contribution in [1.29, 1.82) is 0 Å². The maximum absolute atomic E-state index is 12.2. The fourth-order valence-electron chi connectivity index (χ4n) is 2.81. The molecular formula is C21H22ClN3O5S. The lowest BCUT2D eigenvalue weighted by Crippen LogP contribution is -2.25. The highest BCUT2D eigenvalue weighted by Crippen LogP contribution is 2.43. The van der Waals surface area contributed by atoms with Crippen LogP contribution in [-0.4, -0.2) is 42.3 Å². The van der Waals surface area contributed by atoms with Crippen LogP contribution in [0, 0.1) is 0 Å². The molecule has 0 fully saturated rings. The molecule has 1 atom stereocenters. The number of para-hydroxylation sites is 1. The molecule has 1 aliphatic rings. The Hall–Kier alpha value is -2.91. The number of nitrogens with zero attached hydrogens (tertiary/aromatic N) is 2. The molecule has 1 N–H and O–H groups in total. The van der Waals surface area contributed by atoms with Gasteiger partial charge in [0.05, 0.1) is 12.1 Å². The summed E-state index contributed by atoms with van der Waals surface area (Å²) in [4.78, 5) is 23.6. The molecule has 164 valence electrons. The Labute approximate surface area is 189 Å².